The van der Waals surface area contributed by atoms with Gasteiger partial charge in [-0.2, -0.15) is 0 Å². The lowest BCUT2D eigenvalue weighted by Gasteiger charge is -2.18. The average Bonchev–Trinajstić information content (AvgIpc) is 2.83. The van der Waals surface area contributed by atoms with Gasteiger partial charge in [-0.15, -0.1) is 0 Å². The van der Waals surface area contributed by atoms with E-state index in [9.17, 15) is 4.21 Å². The molecule has 1 aromatic rings. The van der Waals surface area contributed by atoms with Crippen LogP contribution in [0.3, 0.4) is 0 Å². The lowest BCUT2D eigenvalue weighted by atomic mass is 10.0. The normalized spacial score (nSPS) is 20.4. The van der Waals surface area contributed by atoms with Crippen LogP contribution in [-0.2, 0) is 10.8 Å². The molecule has 0 aliphatic heterocycles. The summed E-state index contributed by atoms with van der Waals surface area (Å²) in [5, 5.41) is 0. The van der Waals surface area contributed by atoms with Gasteiger partial charge in [-0.05, 0) is 43.0 Å². The summed E-state index contributed by atoms with van der Waals surface area (Å²) < 4.78 is 13.2. The minimum absolute atomic E-state index is 0.0852. The van der Waals surface area contributed by atoms with E-state index >= 15 is 0 Å². The Bertz CT molecular complexity index is 387. The molecule has 1 aliphatic carbocycles. The fraction of sp³-hybridized carbons (Fsp3) is 0.538. The van der Waals surface area contributed by atoms with Crippen LogP contribution in [0.25, 0.3) is 0 Å². The molecule has 4 heteroatoms. The van der Waals surface area contributed by atoms with Crippen LogP contribution in [0.5, 0.6) is 0 Å². The molecule has 94 valence electrons. The van der Waals surface area contributed by atoms with E-state index in [4.69, 9.17) is 5.73 Å². The van der Waals surface area contributed by atoms with Crippen molar-refractivity contribution in [3.05, 3.63) is 28.7 Å². The van der Waals surface area contributed by atoms with Gasteiger partial charge in [-0.3, -0.25) is 4.21 Å². The number of halogens is 1. The third kappa shape index (κ3) is 3.63. The van der Waals surface area contributed by atoms with Crippen molar-refractivity contribution in [3.8, 4) is 0 Å². The van der Waals surface area contributed by atoms with Crippen LogP contribution in [0.15, 0.2) is 33.6 Å². The highest BCUT2D eigenvalue weighted by atomic mass is 79.9. The first-order valence-corrected chi connectivity index (χ1v) is 8.17. The summed E-state index contributed by atoms with van der Waals surface area (Å²) in [5.41, 5.74) is 6.14. The molecule has 0 bridgehead atoms. The SMILES string of the molecule is NC(CS(=O)c1ccc(Br)cc1)C1CCCC1. The number of benzene rings is 1. The number of hydrogen-bond acceptors (Lipinski definition) is 2. The summed E-state index contributed by atoms with van der Waals surface area (Å²) >= 11 is 3.38. The molecule has 2 N–H and O–H groups in total. The summed E-state index contributed by atoms with van der Waals surface area (Å²) in [6, 6.07) is 7.74. The average molecular weight is 316 g/mol. The Morgan fingerprint density at radius 1 is 1.29 bits per heavy atom. The summed E-state index contributed by atoms with van der Waals surface area (Å²) in [6.07, 6.45) is 4.98. The number of rotatable bonds is 4. The molecule has 2 unspecified atom stereocenters. The minimum Gasteiger partial charge on any atom is -0.327 e. The van der Waals surface area contributed by atoms with Gasteiger partial charge < -0.3 is 5.73 Å². The first-order valence-electron chi connectivity index (χ1n) is 6.06. The van der Waals surface area contributed by atoms with E-state index in [0.29, 0.717) is 11.7 Å². The van der Waals surface area contributed by atoms with Crippen LogP contribution in [0.1, 0.15) is 25.7 Å². The van der Waals surface area contributed by atoms with E-state index in [1.54, 1.807) is 0 Å². The molecule has 2 rings (SSSR count). The Morgan fingerprint density at radius 3 is 2.47 bits per heavy atom. The van der Waals surface area contributed by atoms with Gasteiger partial charge in [0.15, 0.2) is 0 Å². The van der Waals surface area contributed by atoms with E-state index in [1.807, 2.05) is 24.3 Å². The molecule has 0 amide bonds. The largest absolute Gasteiger partial charge is 0.327 e. The van der Waals surface area contributed by atoms with Gasteiger partial charge in [-0.1, -0.05) is 28.8 Å². The van der Waals surface area contributed by atoms with Crippen molar-refractivity contribution in [2.75, 3.05) is 5.75 Å². The zero-order valence-corrected chi connectivity index (χ0v) is 12.2. The Kier molecular flexibility index (Phi) is 4.77. The summed E-state index contributed by atoms with van der Waals surface area (Å²) in [6.45, 7) is 0. The maximum Gasteiger partial charge on any atom is 0.0545 e. The molecule has 17 heavy (non-hydrogen) atoms. The number of nitrogens with two attached hydrogens (primary N) is 1. The lowest BCUT2D eigenvalue weighted by molar-refractivity contribution is 0.460. The monoisotopic (exact) mass is 315 g/mol. The highest BCUT2D eigenvalue weighted by molar-refractivity contribution is 9.10. The van der Waals surface area contributed by atoms with Crippen molar-refractivity contribution in [3.63, 3.8) is 0 Å². The first kappa shape index (κ1) is 13.2. The smallest absolute Gasteiger partial charge is 0.0545 e. The van der Waals surface area contributed by atoms with E-state index in [1.165, 1.54) is 25.7 Å². The lowest BCUT2D eigenvalue weighted by Crippen LogP contribution is -2.34. The molecule has 0 spiro atoms. The summed E-state index contributed by atoms with van der Waals surface area (Å²) in [5.74, 6) is 1.17. The van der Waals surface area contributed by atoms with Crippen LogP contribution < -0.4 is 5.73 Å². The van der Waals surface area contributed by atoms with Crippen molar-refractivity contribution < 1.29 is 4.21 Å². The Labute approximate surface area is 114 Å². The van der Waals surface area contributed by atoms with Gasteiger partial charge >= 0.3 is 0 Å². The second-order valence-corrected chi connectivity index (χ2v) is 7.09. The standard InChI is InChI=1S/C13H18BrNOS/c14-11-5-7-12(8-6-11)17(16)9-13(15)10-3-1-2-4-10/h5-8,10,13H,1-4,9,15H2. The molecule has 2 nitrogen and oxygen atoms in total. The van der Waals surface area contributed by atoms with Crippen molar-refractivity contribution in [2.24, 2.45) is 11.7 Å². The van der Waals surface area contributed by atoms with Crippen molar-refractivity contribution >= 4 is 26.7 Å². The van der Waals surface area contributed by atoms with Gasteiger partial charge in [-0.25, -0.2) is 0 Å². The molecule has 1 aromatic carbocycles. The third-order valence-electron chi connectivity index (χ3n) is 3.43. The molecule has 1 saturated carbocycles. The van der Waals surface area contributed by atoms with E-state index in [2.05, 4.69) is 15.9 Å². The molecular formula is C13H18BrNOS. The second-order valence-electron chi connectivity index (χ2n) is 4.67. The third-order valence-corrected chi connectivity index (χ3v) is 5.44. The molecule has 1 aliphatic rings. The van der Waals surface area contributed by atoms with Crippen LogP contribution in [0.4, 0.5) is 0 Å². The summed E-state index contributed by atoms with van der Waals surface area (Å²) in [7, 11) is -0.964. The Balaban J connectivity index is 1.94. The van der Waals surface area contributed by atoms with Crippen molar-refractivity contribution in [1.29, 1.82) is 0 Å². The van der Waals surface area contributed by atoms with Crippen LogP contribution >= 0.6 is 15.9 Å². The van der Waals surface area contributed by atoms with Crippen molar-refractivity contribution in [1.82, 2.24) is 0 Å². The molecule has 0 radical (unpaired) electrons. The number of hydrogen-bond donors (Lipinski definition) is 1. The highest BCUT2D eigenvalue weighted by Crippen LogP contribution is 2.27. The molecule has 0 heterocycles. The van der Waals surface area contributed by atoms with E-state index in [-0.39, 0.29) is 6.04 Å². The van der Waals surface area contributed by atoms with Crippen molar-refractivity contribution in [2.45, 2.75) is 36.6 Å². The van der Waals surface area contributed by atoms with Crippen LogP contribution in [0, 0.1) is 5.92 Å². The van der Waals surface area contributed by atoms with Gasteiger partial charge in [0.2, 0.25) is 0 Å². The van der Waals surface area contributed by atoms with E-state index < -0.39 is 10.8 Å². The highest BCUT2D eigenvalue weighted by Gasteiger charge is 2.23. The van der Waals surface area contributed by atoms with Crippen LogP contribution in [-0.4, -0.2) is 16.0 Å². The molecular weight excluding hydrogens is 298 g/mol. The predicted molar refractivity (Wildman–Crippen MR) is 75.4 cm³/mol. The molecule has 0 aromatic heterocycles. The van der Waals surface area contributed by atoms with Crippen LogP contribution in [0.2, 0.25) is 0 Å². The maximum absolute atomic E-state index is 12.1. The summed E-state index contributed by atoms with van der Waals surface area (Å²) in [4.78, 5) is 0.877. The molecule has 2 atom stereocenters. The zero-order valence-electron chi connectivity index (χ0n) is 9.77. The zero-order chi connectivity index (χ0) is 12.3. The second kappa shape index (κ2) is 6.12. The van der Waals surface area contributed by atoms with E-state index in [0.717, 1.165) is 9.37 Å². The van der Waals surface area contributed by atoms with Gasteiger partial charge in [0, 0.05) is 21.2 Å². The predicted octanol–water partition coefficient (Wildman–Crippen LogP) is 3.07. The fourth-order valence-corrected chi connectivity index (χ4v) is 3.90. The maximum atomic E-state index is 12.1. The first-order chi connectivity index (χ1) is 8.16. The quantitative estimate of drug-likeness (QED) is 0.928. The topological polar surface area (TPSA) is 43.1 Å². The Morgan fingerprint density at radius 2 is 1.88 bits per heavy atom. The van der Waals surface area contributed by atoms with Gasteiger partial charge in [0.05, 0.1) is 10.8 Å². The Hall–Kier alpha value is -0.190. The van der Waals surface area contributed by atoms with Gasteiger partial charge in [0.25, 0.3) is 0 Å². The minimum atomic E-state index is -0.964. The fourth-order valence-electron chi connectivity index (χ4n) is 2.38. The molecule has 0 saturated heterocycles. The van der Waals surface area contributed by atoms with Gasteiger partial charge in [0.1, 0.15) is 0 Å². The molecule has 1 fully saturated rings.